The maximum Gasteiger partial charge on any atom is 0.215 e. The number of benzene rings is 1. The smallest absolute Gasteiger partial charge is 0.215 e. The Labute approximate surface area is 119 Å². The van der Waals surface area contributed by atoms with Gasteiger partial charge in [-0.05, 0) is 32.0 Å². The summed E-state index contributed by atoms with van der Waals surface area (Å²) in [4.78, 5) is 12.4. The summed E-state index contributed by atoms with van der Waals surface area (Å²) in [5.41, 5.74) is 0.0506. The number of carbonyl (C=O) groups is 1. The summed E-state index contributed by atoms with van der Waals surface area (Å²) in [7, 11) is 0. The van der Waals surface area contributed by atoms with E-state index in [0.29, 0.717) is 0 Å². The van der Waals surface area contributed by atoms with Crippen LogP contribution in [0.4, 0.5) is 4.39 Å². The monoisotopic (exact) mass is 300 g/mol. The van der Waals surface area contributed by atoms with E-state index >= 15 is 0 Å². The summed E-state index contributed by atoms with van der Waals surface area (Å²) in [6.07, 6.45) is 1.37. The molecule has 0 fully saturated rings. The molecule has 0 bridgehead atoms. The molecular weight excluding hydrogens is 290 g/mol. The number of halogens is 3. The van der Waals surface area contributed by atoms with E-state index in [0.717, 1.165) is 6.07 Å². The first-order chi connectivity index (χ1) is 8.91. The van der Waals surface area contributed by atoms with Crippen LogP contribution < -0.4 is 0 Å². The van der Waals surface area contributed by atoms with Crippen molar-refractivity contribution >= 4 is 29.0 Å². The van der Waals surface area contributed by atoms with Crippen molar-refractivity contribution in [2.45, 2.75) is 19.9 Å². The summed E-state index contributed by atoms with van der Waals surface area (Å²) in [5, 5.41) is 4.50. The molecule has 1 heterocycles. The van der Waals surface area contributed by atoms with Gasteiger partial charge in [0, 0.05) is 11.1 Å². The molecule has 100 valence electrons. The highest BCUT2D eigenvalue weighted by Crippen LogP contribution is 2.24. The van der Waals surface area contributed by atoms with E-state index in [-0.39, 0.29) is 27.3 Å². The molecule has 0 aliphatic carbocycles. The lowest BCUT2D eigenvalue weighted by Crippen LogP contribution is -2.15. The maximum absolute atomic E-state index is 13.7. The molecule has 2 rings (SSSR count). The van der Waals surface area contributed by atoms with Gasteiger partial charge in [0.15, 0.2) is 0 Å². The molecule has 2 aromatic rings. The van der Waals surface area contributed by atoms with Crippen LogP contribution in [-0.2, 0) is 0 Å². The predicted octanol–water partition coefficient (Wildman–Crippen LogP) is 4.14. The first-order valence-corrected chi connectivity index (χ1v) is 6.40. The summed E-state index contributed by atoms with van der Waals surface area (Å²) in [5.74, 6) is -1.17. The van der Waals surface area contributed by atoms with Crippen molar-refractivity contribution in [1.29, 1.82) is 0 Å². The summed E-state index contributed by atoms with van der Waals surface area (Å²) >= 11 is 11.8. The molecule has 0 amide bonds. The van der Waals surface area contributed by atoms with Gasteiger partial charge in [0.25, 0.3) is 0 Å². The first-order valence-electron chi connectivity index (χ1n) is 5.64. The van der Waals surface area contributed by atoms with Gasteiger partial charge in [0.05, 0.1) is 16.8 Å². The fraction of sp³-hybridized carbons (Fsp3) is 0.231. The number of rotatable bonds is 3. The zero-order chi connectivity index (χ0) is 14.2. The highest BCUT2D eigenvalue weighted by Gasteiger charge is 2.23. The van der Waals surface area contributed by atoms with Gasteiger partial charge in [0.1, 0.15) is 11.5 Å². The van der Waals surface area contributed by atoms with Gasteiger partial charge in [0.2, 0.25) is 5.78 Å². The number of ketones is 1. The zero-order valence-corrected chi connectivity index (χ0v) is 11.8. The van der Waals surface area contributed by atoms with E-state index in [9.17, 15) is 9.18 Å². The van der Waals surface area contributed by atoms with Crippen LogP contribution in [0.15, 0.2) is 24.4 Å². The fourth-order valence-corrected chi connectivity index (χ4v) is 2.13. The minimum Gasteiger partial charge on any atom is -0.287 e. The molecule has 1 aromatic carbocycles. The van der Waals surface area contributed by atoms with E-state index in [4.69, 9.17) is 23.2 Å². The second-order valence-corrected chi connectivity index (χ2v) is 5.18. The second-order valence-electron chi connectivity index (χ2n) is 4.33. The normalized spacial score (nSPS) is 11.1. The lowest BCUT2D eigenvalue weighted by molar-refractivity contribution is 0.102. The Morgan fingerprint density at radius 1 is 1.37 bits per heavy atom. The van der Waals surface area contributed by atoms with Gasteiger partial charge in [-0.3, -0.25) is 9.48 Å². The second kappa shape index (κ2) is 5.31. The highest BCUT2D eigenvalue weighted by atomic mass is 35.5. The molecule has 0 spiro atoms. The van der Waals surface area contributed by atoms with Gasteiger partial charge in [-0.1, -0.05) is 23.2 Å². The largest absolute Gasteiger partial charge is 0.287 e. The van der Waals surface area contributed by atoms with Gasteiger partial charge < -0.3 is 0 Å². The number of hydrogen-bond donors (Lipinski definition) is 0. The lowest BCUT2D eigenvalue weighted by atomic mass is 10.1. The molecule has 1 aromatic heterocycles. The van der Waals surface area contributed by atoms with Crippen molar-refractivity contribution < 1.29 is 9.18 Å². The maximum atomic E-state index is 13.7. The molecule has 0 saturated heterocycles. The van der Waals surface area contributed by atoms with E-state index in [1.807, 2.05) is 13.8 Å². The van der Waals surface area contributed by atoms with Crippen molar-refractivity contribution in [2.75, 3.05) is 0 Å². The van der Waals surface area contributed by atoms with Crippen LogP contribution in [0.1, 0.15) is 35.9 Å². The third kappa shape index (κ3) is 2.65. The third-order valence-electron chi connectivity index (χ3n) is 2.63. The van der Waals surface area contributed by atoms with Gasteiger partial charge >= 0.3 is 0 Å². The van der Waals surface area contributed by atoms with Crippen LogP contribution >= 0.6 is 23.2 Å². The number of nitrogens with zero attached hydrogens (tertiary/aromatic N) is 2. The topological polar surface area (TPSA) is 34.9 Å². The van der Waals surface area contributed by atoms with E-state index in [2.05, 4.69) is 5.10 Å². The van der Waals surface area contributed by atoms with Crippen molar-refractivity contribution in [3.8, 4) is 0 Å². The minimum absolute atomic E-state index is 0.0614. The Morgan fingerprint density at radius 3 is 2.68 bits per heavy atom. The fourth-order valence-electron chi connectivity index (χ4n) is 1.74. The molecule has 3 nitrogen and oxygen atoms in total. The van der Waals surface area contributed by atoms with Crippen LogP contribution in [0.5, 0.6) is 0 Å². The molecular formula is C13H11Cl2FN2O. The van der Waals surface area contributed by atoms with Crippen molar-refractivity contribution in [3.05, 3.63) is 51.5 Å². The van der Waals surface area contributed by atoms with Crippen LogP contribution in [-0.4, -0.2) is 15.6 Å². The number of hydrogen-bond acceptors (Lipinski definition) is 2. The van der Waals surface area contributed by atoms with E-state index < -0.39 is 11.6 Å². The highest BCUT2D eigenvalue weighted by molar-refractivity contribution is 6.35. The zero-order valence-electron chi connectivity index (χ0n) is 10.3. The molecule has 0 N–H and O–H groups in total. The molecule has 0 saturated carbocycles. The Balaban J connectivity index is 2.56. The van der Waals surface area contributed by atoms with Gasteiger partial charge in [-0.25, -0.2) is 4.39 Å². The first kappa shape index (κ1) is 14.0. The molecule has 0 aliphatic heterocycles. The minimum atomic E-state index is -0.637. The van der Waals surface area contributed by atoms with Crippen LogP contribution in [0.2, 0.25) is 10.0 Å². The van der Waals surface area contributed by atoms with Crippen molar-refractivity contribution in [1.82, 2.24) is 9.78 Å². The quantitative estimate of drug-likeness (QED) is 0.799. The predicted molar refractivity (Wildman–Crippen MR) is 72.5 cm³/mol. The Hall–Kier alpha value is -1.39. The van der Waals surface area contributed by atoms with E-state index in [1.165, 1.54) is 23.0 Å². The SMILES string of the molecule is CC(C)n1ncc(Cl)c1C(=O)c1cc(Cl)ccc1F. The molecule has 0 radical (unpaired) electrons. The lowest BCUT2D eigenvalue weighted by Gasteiger charge is -2.11. The number of aromatic nitrogens is 2. The van der Waals surface area contributed by atoms with Crippen LogP contribution in [0.25, 0.3) is 0 Å². The number of carbonyl (C=O) groups excluding carboxylic acids is 1. The van der Waals surface area contributed by atoms with Crippen LogP contribution in [0, 0.1) is 5.82 Å². The molecule has 0 aliphatic rings. The van der Waals surface area contributed by atoms with E-state index in [1.54, 1.807) is 0 Å². The van der Waals surface area contributed by atoms with Crippen molar-refractivity contribution in [3.63, 3.8) is 0 Å². The van der Waals surface area contributed by atoms with Crippen molar-refractivity contribution in [2.24, 2.45) is 0 Å². The summed E-state index contributed by atoms with van der Waals surface area (Å²) in [6, 6.07) is 3.76. The molecule has 0 atom stereocenters. The Kier molecular flexibility index (Phi) is 3.92. The summed E-state index contributed by atoms with van der Waals surface area (Å²) in [6.45, 7) is 3.71. The summed E-state index contributed by atoms with van der Waals surface area (Å²) < 4.78 is 15.2. The average Bonchev–Trinajstić information content (AvgIpc) is 2.73. The standard InChI is InChI=1S/C13H11Cl2FN2O/c1-7(2)18-12(10(15)6-17-18)13(19)9-5-8(14)3-4-11(9)16/h3-7H,1-2H3. The Morgan fingerprint density at radius 2 is 2.05 bits per heavy atom. The third-order valence-corrected chi connectivity index (χ3v) is 3.14. The van der Waals surface area contributed by atoms with Gasteiger partial charge in [-0.15, -0.1) is 0 Å². The Bertz CT molecular complexity index is 638. The van der Waals surface area contributed by atoms with Crippen LogP contribution in [0.3, 0.4) is 0 Å². The van der Waals surface area contributed by atoms with Gasteiger partial charge in [-0.2, -0.15) is 5.10 Å². The molecule has 19 heavy (non-hydrogen) atoms. The molecule has 0 unspecified atom stereocenters. The average molecular weight is 301 g/mol. The molecule has 6 heteroatoms.